The van der Waals surface area contributed by atoms with Crippen LogP contribution in [-0.2, 0) is 6.54 Å². The van der Waals surface area contributed by atoms with Crippen LogP contribution in [0, 0.1) is 0 Å². The first-order chi connectivity index (χ1) is 9.15. The highest BCUT2D eigenvalue weighted by atomic mass is 32.1. The molecule has 19 heavy (non-hydrogen) atoms. The van der Waals surface area contributed by atoms with Gasteiger partial charge >= 0.3 is 5.97 Å². The molecule has 1 heterocycles. The van der Waals surface area contributed by atoms with Crippen molar-refractivity contribution >= 4 is 17.3 Å². The van der Waals surface area contributed by atoms with Gasteiger partial charge in [-0.25, -0.2) is 9.78 Å². The molecule has 1 aromatic rings. The molecule has 0 aliphatic heterocycles. The molecule has 2 rings (SSSR count). The lowest BCUT2D eigenvalue weighted by atomic mass is 10.2. The van der Waals surface area contributed by atoms with Gasteiger partial charge in [0, 0.05) is 5.92 Å². The van der Waals surface area contributed by atoms with Gasteiger partial charge in [-0.05, 0) is 32.4 Å². The number of carbonyl (C=O) groups is 1. The van der Waals surface area contributed by atoms with Gasteiger partial charge in [-0.2, -0.15) is 0 Å². The summed E-state index contributed by atoms with van der Waals surface area (Å²) in [5, 5.41) is 10.2. The fourth-order valence-corrected chi connectivity index (χ4v) is 3.19. The van der Waals surface area contributed by atoms with Crippen molar-refractivity contribution < 1.29 is 9.90 Å². The van der Waals surface area contributed by atoms with Crippen LogP contribution in [0.25, 0.3) is 0 Å². The first-order valence-corrected chi connectivity index (χ1v) is 7.92. The summed E-state index contributed by atoms with van der Waals surface area (Å²) >= 11 is 1.36. The molecule has 0 saturated heterocycles. The highest BCUT2D eigenvalue weighted by Crippen LogP contribution is 2.42. The average molecular weight is 282 g/mol. The molecule has 0 spiro atoms. The van der Waals surface area contributed by atoms with E-state index in [-0.39, 0.29) is 0 Å². The monoisotopic (exact) mass is 282 g/mol. The van der Waals surface area contributed by atoms with E-state index in [0.717, 1.165) is 43.2 Å². The highest BCUT2D eigenvalue weighted by molar-refractivity contribution is 7.13. The molecule has 4 nitrogen and oxygen atoms in total. The van der Waals surface area contributed by atoms with Gasteiger partial charge in [0.1, 0.15) is 9.88 Å². The summed E-state index contributed by atoms with van der Waals surface area (Å²) in [5.41, 5.74) is 0.832. The Labute approximate surface area is 118 Å². The summed E-state index contributed by atoms with van der Waals surface area (Å²) in [6.07, 6.45) is 4.55. The van der Waals surface area contributed by atoms with E-state index < -0.39 is 5.97 Å². The molecule has 1 aliphatic carbocycles. The lowest BCUT2D eigenvalue weighted by Crippen LogP contribution is -2.23. The third-order valence-corrected chi connectivity index (χ3v) is 4.53. The number of aromatic carboxylic acids is 1. The Morgan fingerprint density at radius 1 is 1.47 bits per heavy atom. The number of carboxylic acid groups (broad SMARTS) is 1. The molecule has 1 aliphatic rings. The molecule has 0 radical (unpaired) electrons. The second kappa shape index (κ2) is 6.48. The molecule has 0 unspecified atom stereocenters. The molecule has 0 bridgehead atoms. The first-order valence-electron chi connectivity index (χ1n) is 7.10. The molecule has 106 valence electrons. The fourth-order valence-electron chi connectivity index (χ4n) is 2.15. The third kappa shape index (κ3) is 3.76. The molecule has 0 atom stereocenters. The lowest BCUT2D eigenvalue weighted by molar-refractivity contribution is 0.0700. The van der Waals surface area contributed by atoms with Gasteiger partial charge in [0.25, 0.3) is 0 Å². The summed E-state index contributed by atoms with van der Waals surface area (Å²) in [6, 6.07) is 0. The lowest BCUT2D eigenvalue weighted by Gasteiger charge is -2.18. The topological polar surface area (TPSA) is 53.4 Å². The van der Waals surface area contributed by atoms with Crippen LogP contribution in [0.2, 0.25) is 0 Å². The number of aromatic nitrogens is 1. The van der Waals surface area contributed by atoms with Crippen LogP contribution < -0.4 is 0 Å². The van der Waals surface area contributed by atoms with E-state index in [0.29, 0.717) is 10.8 Å². The minimum Gasteiger partial charge on any atom is -0.477 e. The van der Waals surface area contributed by atoms with Gasteiger partial charge in [-0.1, -0.05) is 20.3 Å². The van der Waals surface area contributed by atoms with Crippen molar-refractivity contribution in [2.45, 2.75) is 52.0 Å². The van der Waals surface area contributed by atoms with Crippen molar-refractivity contribution in [3.8, 4) is 0 Å². The van der Waals surface area contributed by atoms with Gasteiger partial charge in [-0.15, -0.1) is 11.3 Å². The standard InChI is InChI=1S/C14H22N2O2S/c1-3-5-8-16(4-2)9-11-15-12(10-6-7-10)13(19-11)14(17)18/h10H,3-9H2,1-2H3,(H,17,18). The maximum absolute atomic E-state index is 11.3. The van der Waals surface area contributed by atoms with E-state index in [1.165, 1.54) is 24.2 Å². The predicted octanol–water partition coefficient (Wildman–Crippen LogP) is 3.34. The Balaban J connectivity index is 2.07. The number of hydrogen-bond acceptors (Lipinski definition) is 4. The Morgan fingerprint density at radius 3 is 2.74 bits per heavy atom. The van der Waals surface area contributed by atoms with E-state index in [9.17, 15) is 9.90 Å². The zero-order chi connectivity index (χ0) is 13.8. The predicted molar refractivity (Wildman–Crippen MR) is 76.9 cm³/mol. The van der Waals surface area contributed by atoms with Crippen LogP contribution in [0.5, 0.6) is 0 Å². The second-order valence-corrected chi connectivity index (χ2v) is 6.21. The number of nitrogens with zero attached hydrogens (tertiary/aromatic N) is 2. The molecule has 1 aromatic heterocycles. The van der Waals surface area contributed by atoms with Crippen molar-refractivity contribution in [3.05, 3.63) is 15.6 Å². The van der Waals surface area contributed by atoms with Gasteiger partial charge < -0.3 is 5.11 Å². The van der Waals surface area contributed by atoms with Crippen LogP contribution in [0.3, 0.4) is 0 Å². The van der Waals surface area contributed by atoms with E-state index in [1.807, 2.05) is 0 Å². The summed E-state index contributed by atoms with van der Waals surface area (Å²) < 4.78 is 0. The Morgan fingerprint density at radius 2 is 2.21 bits per heavy atom. The van der Waals surface area contributed by atoms with Crippen LogP contribution in [-0.4, -0.2) is 34.0 Å². The zero-order valence-corrected chi connectivity index (χ0v) is 12.5. The van der Waals surface area contributed by atoms with Crippen molar-refractivity contribution in [3.63, 3.8) is 0 Å². The van der Waals surface area contributed by atoms with Crippen LogP contribution in [0.4, 0.5) is 0 Å². The van der Waals surface area contributed by atoms with E-state index in [4.69, 9.17) is 0 Å². The Bertz CT molecular complexity index is 441. The Hall–Kier alpha value is -0.940. The van der Waals surface area contributed by atoms with E-state index in [1.54, 1.807) is 0 Å². The van der Waals surface area contributed by atoms with Crippen LogP contribution in [0.1, 0.15) is 65.8 Å². The number of rotatable bonds is 8. The number of carboxylic acids is 1. The number of hydrogen-bond donors (Lipinski definition) is 1. The zero-order valence-electron chi connectivity index (χ0n) is 11.7. The van der Waals surface area contributed by atoms with Crippen LogP contribution >= 0.6 is 11.3 Å². The maximum Gasteiger partial charge on any atom is 0.347 e. The minimum absolute atomic E-state index is 0.404. The largest absolute Gasteiger partial charge is 0.477 e. The Kier molecular flexibility index (Phi) is 4.93. The third-order valence-electron chi connectivity index (χ3n) is 3.49. The SMILES string of the molecule is CCCCN(CC)Cc1nc(C2CC2)c(C(=O)O)s1. The normalized spacial score (nSPS) is 15.1. The fraction of sp³-hybridized carbons (Fsp3) is 0.714. The highest BCUT2D eigenvalue weighted by Gasteiger charge is 2.32. The molecule has 5 heteroatoms. The smallest absolute Gasteiger partial charge is 0.347 e. The minimum atomic E-state index is -0.817. The van der Waals surface area contributed by atoms with E-state index >= 15 is 0 Å². The summed E-state index contributed by atoms with van der Waals surface area (Å²) in [7, 11) is 0. The summed E-state index contributed by atoms with van der Waals surface area (Å²) in [6.45, 7) is 7.16. The molecular weight excluding hydrogens is 260 g/mol. The van der Waals surface area contributed by atoms with Crippen molar-refractivity contribution in [1.82, 2.24) is 9.88 Å². The van der Waals surface area contributed by atoms with Gasteiger partial charge in [0.05, 0.1) is 12.2 Å². The molecule has 0 amide bonds. The average Bonchev–Trinajstić information content (AvgIpc) is 3.15. The molecule has 1 saturated carbocycles. The summed E-state index contributed by atoms with van der Waals surface area (Å²) in [4.78, 5) is 18.6. The second-order valence-electron chi connectivity index (χ2n) is 5.12. The molecule has 0 aromatic carbocycles. The maximum atomic E-state index is 11.3. The molecule has 1 fully saturated rings. The molecular formula is C14H22N2O2S. The van der Waals surface area contributed by atoms with Gasteiger partial charge in [0.15, 0.2) is 0 Å². The van der Waals surface area contributed by atoms with Gasteiger partial charge in [0.2, 0.25) is 0 Å². The molecule has 1 N–H and O–H groups in total. The van der Waals surface area contributed by atoms with Gasteiger partial charge in [-0.3, -0.25) is 4.90 Å². The van der Waals surface area contributed by atoms with Crippen molar-refractivity contribution in [2.75, 3.05) is 13.1 Å². The van der Waals surface area contributed by atoms with E-state index in [2.05, 4.69) is 23.7 Å². The quantitative estimate of drug-likeness (QED) is 0.794. The summed E-state index contributed by atoms with van der Waals surface area (Å²) in [5.74, 6) is -0.413. The number of unbranched alkanes of at least 4 members (excludes halogenated alkanes) is 1. The van der Waals surface area contributed by atoms with Crippen molar-refractivity contribution in [1.29, 1.82) is 0 Å². The van der Waals surface area contributed by atoms with Crippen LogP contribution in [0.15, 0.2) is 0 Å². The van der Waals surface area contributed by atoms with Crippen molar-refractivity contribution in [2.24, 2.45) is 0 Å². The number of thiazole rings is 1. The first kappa shape index (κ1) is 14.5.